The van der Waals surface area contributed by atoms with Crippen LogP contribution in [0, 0.1) is 10.1 Å². The zero-order valence-corrected chi connectivity index (χ0v) is 8.29. The number of carboxylic acid groups (broad SMARTS) is 1. The van der Waals surface area contributed by atoms with Gasteiger partial charge in [0.1, 0.15) is 0 Å². The Labute approximate surface area is 91.2 Å². The average Bonchev–Trinajstić information content (AvgIpc) is 2.25. The van der Waals surface area contributed by atoms with Crippen LogP contribution in [-0.4, -0.2) is 22.5 Å². The summed E-state index contributed by atoms with van der Waals surface area (Å²) < 4.78 is 0. The molecule has 0 heterocycles. The SMILES string of the molecule is NCC=Cc1c(C(=O)O)cccc1[N+](=O)[O-]. The van der Waals surface area contributed by atoms with Crippen molar-refractivity contribution in [3.63, 3.8) is 0 Å². The minimum atomic E-state index is -1.21. The highest BCUT2D eigenvalue weighted by atomic mass is 16.6. The Morgan fingerprint density at radius 1 is 1.56 bits per heavy atom. The molecule has 0 aliphatic rings. The van der Waals surface area contributed by atoms with Gasteiger partial charge in [0, 0.05) is 12.6 Å². The molecule has 0 unspecified atom stereocenters. The molecule has 6 heteroatoms. The Balaban J connectivity index is 3.40. The van der Waals surface area contributed by atoms with Gasteiger partial charge in [0.2, 0.25) is 0 Å². The number of carbonyl (C=O) groups is 1. The first kappa shape index (κ1) is 11.9. The number of rotatable bonds is 4. The van der Waals surface area contributed by atoms with Crippen molar-refractivity contribution in [3.8, 4) is 0 Å². The molecular weight excluding hydrogens is 212 g/mol. The number of nitrogens with two attached hydrogens (primary N) is 1. The summed E-state index contributed by atoms with van der Waals surface area (Å²) in [6, 6.07) is 3.90. The predicted octanol–water partition coefficient (Wildman–Crippen LogP) is 1.26. The van der Waals surface area contributed by atoms with Gasteiger partial charge in [0.25, 0.3) is 5.69 Å². The van der Waals surface area contributed by atoms with Gasteiger partial charge in [0.05, 0.1) is 16.1 Å². The molecule has 0 radical (unpaired) electrons. The number of carboxylic acids is 1. The van der Waals surface area contributed by atoms with Crippen LogP contribution in [0.4, 0.5) is 5.69 Å². The second-order valence-corrected chi connectivity index (χ2v) is 2.94. The van der Waals surface area contributed by atoms with Crippen LogP contribution < -0.4 is 5.73 Å². The number of benzene rings is 1. The third kappa shape index (κ3) is 2.43. The highest BCUT2D eigenvalue weighted by molar-refractivity contribution is 5.94. The third-order valence-corrected chi connectivity index (χ3v) is 1.93. The zero-order chi connectivity index (χ0) is 12.1. The molecule has 0 saturated carbocycles. The summed E-state index contributed by atoms with van der Waals surface area (Å²) >= 11 is 0. The molecule has 0 bridgehead atoms. The highest BCUT2D eigenvalue weighted by Gasteiger charge is 2.18. The molecule has 1 rings (SSSR count). The zero-order valence-electron chi connectivity index (χ0n) is 8.29. The van der Waals surface area contributed by atoms with Crippen LogP contribution in [-0.2, 0) is 0 Å². The van der Waals surface area contributed by atoms with E-state index in [2.05, 4.69) is 0 Å². The van der Waals surface area contributed by atoms with E-state index in [9.17, 15) is 14.9 Å². The van der Waals surface area contributed by atoms with Crippen molar-refractivity contribution < 1.29 is 14.8 Å². The smallest absolute Gasteiger partial charge is 0.336 e. The summed E-state index contributed by atoms with van der Waals surface area (Å²) in [5.41, 5.74) is 4.93. The van der Waals surface area contributed by atoms with E-state index in [1.54, 1.807) is 0 Å². The van der Waals surface area contributed by atoms with Crippen LogP contribution in [0.2, 0.25) is 0 Å². The van der Waals surface area contributed by atoms with Crippen molar-refractivity contribution in [2.24, 2.45) is 5.73 Å². The Bertz CT molecular complexity index is 422. The van der Waals surface area contributed by atoms with E-state index >= 15 is 0 Å². The molecule has 16 heavy (non-hydrogen) atoms. The maximum atomic E-state index is 10.9. The van der Waals surface area contributed by atoms with E-state index in [4.69, 9.17) is 10.8 Å². The van der Waals surface area contributed by atoms with Crippen molar-refractivity contribution in [2.75, 3.05) is 6.54 Å². The van der Waals surface area contributed by atoms with Crippen LogP contribution in [0.5, 0.6) is 0 Å². The summed E-state index contributed by atoms with van der Waals surface area (Å²) in [4.78, 5) is 21.0. The monoisotopic (exact) mass is 222 g/mol. The summed E-state index contributed by atoms with van der Waals surface area (Å²) in [6.45, 7) is 0.186. The standard InChI is InChI=1S/C10H10N2O4/c11-6-2-4-7-8(10(13)14)3-1-5-9(7)12(15)16/h1-5H,6,11H2,(H,13,14). The first-order valence-electron chi connectivity index (χ1n) is 4.45. The van der Waals surface area contributed by atoms with Gasteiger partial charge in [-0.3, -0.25) is 10.1 Å². The lowest BCUT2D eigenvalue weighted by Gasteiger charge is -2.01. The van der Waals surface area contributed by atoms with Gasteiger partial charge in [-0.2, -0.15) is 0 Å². The van der Waals surface area contributed by atoms with Gasteiger partial charge in [0.15, 0.2) is 0 Å². The molecule has 1 aromatic rings. The minimum Gasteiger partial charge on any atom is -0.478 e. The number of hydrogen-bond donors (Lipinski definition) is 2. The lowest BCUT2D eigenvalue weighted by Crippen LogP contribution is -2.03. The van der Waals surface area contributed by atoms with Crippen molar-refractivity contribution in [1.29, 1.82) is 0 Å². The Morgan fingerprint density at radius 3 is 2.75 bits per heavy atom. The molecule has 6 nitrogen and oxygen atoms in total. The van der Waals surface area contributed by atoms with E-state index in [1.807, 2.05) is 0 Å². The molecule has 84 valence electrons. The number of nitrogens with zero attached hydrogens (tertiary/aromatic N) is 1. The number of hydrogen-bond acceptors (Lipinski definition) is 4. The van der Waals surface area contributed by atoms with E-state index in [-0.39, 0.29) is 23.4 Å². The van der Waals surface area contributed by atoms with Crippen LogP contribution in [0.25, 0.3) is 6.08 Å². The maximum absolute atomic E-state index is 10.9. The van der Waals surface area contributed by atoms with Gasteiger partial charge in [-0.1, -0.05) is 12.1 Å². The first-order chi connectivity index (χ1) is 7.57. The predicted molar refractivity (Wildman–Crippen MR) is 58.1 cm³/mol. The summed E-state index contributed by atoms with van der Waals surface area (Å²) in [6.07, 6.45) is 2.82. The number of nitro benzene ring substituents is 1. The molecular formula is C10H10N2O4. The minimum absolute atomic E-state index is 0.0606. The molecule has 0 aliphatic heterocycles. The lowest BCUT2D eigenvalue weighted by atomic mass is 10.0. The number of nitro groups is 1. The fourth-order valence-corrected chi connectivity index (χ4v) is 1.26. The van der Waals surface area contributed by atoms with Gasteiger partial charge in [-0.25, -0.2) is 4.79 Å². The molecule has 0 fully saturated rings. The van der Waals surface area contributed by atoms with E-state index in [1.165, 1.54) is 30.4 Å². The summed E-state index contributed by atoms with van der Waals surface area (Å²) in [5.74, 6) is -1.21. The van der Waals surface area contributed by atoms with Crippen molar-refractivity contribution in [3.05, 3.63) is 45.5 Å². The maximum Gasteiger partial charge on any atom is 0.336 e. The van der Waals surface area contributed by atoms with Gasteiger partial charge in [-0.05, 0) is 12.1 Å². The number of aromatic carboxylic acids is 1. The fourth-order valence-electron chi connectivity index (χ4n) is 1.26. The molecule has 0 spiro atoms. The fraction of sp³-hybridized carbons (Fsp3) is 0.100. The molecule has 0 aromatic heterocycles. The topological polar surface area (TPSA) is 106 Å². The van der Waals surface area contributed by atoms with Crippen LogP contribution in [0.15, 0.2) is 24.3 Å². The van der Waals surface area contributed by atoms with Gasteiger partial charge < -0.3 is 10.8 Å². The quantitative estimate of drug-likeness (QED) is 0.589. The molecule has 0 saturated heterocycles. The van der Waals surface area contributed by atoms with Crippen molar-refractivity contribution in [1.82, 2.24) is 0 Å². The molecule has 1 aromatic carbocycles. The van der Waals surface area contributed by atoms with Crippen molar-refractivity contribution >= 4 is 17.7 Å². The van der Waals surface area contributed by atoms with Gasteiger partial charge in [-0.15, -0.1) is 0 Å². The van der Waals surface area contributed by atoms with Gasteiger partial charge >= 0.3 is 5.97 Å². The van der Waals surface area contributed by atoms with E-state index in [0.717, 1.165) is 0 Å². The second-order valence-electron chi connectivity index (χ2n) is 2.94. The molecule has 0 amide bonds. The Kier molecular flexibility index (Phi) is 3.73. The molecule has 3 N–H and O–H groups in total. The third-order valence-electron chi connectivity index (χ3n) is 1.93. The normalized spacial score (nSPS) is 10.6. The second kappa shape index (κ2) is 5.04. The molecule has 0 atom stereocenters. The summed E-state index contributed by atoms with van der Waals surface area (Å²) in [7, 11) is 0. The Morgan fingerprint density at radius 2 is 2.25 bits per heavy atom. The van der Waals surface area contributed by atoms with Crippen LogP contribution in [0.1, 0.15) is 15.9 Å². The Hall–Kier alpha value is -2.21. The van der Waals surface area contributed by atoms with E-state index in [0.29, 0.717) is 0 Å². The largest absolute Gasteiger partial charge is 0.478 e. The highest BCUT2D eigenvalue weighted by Crippen LogP contribution is 2.23. The lowest BCUT2D eigenvalue weighted by molar-refractivity contribution is -0.385. The van der Waals surface area contributed by atoms with Crippen LogP contribution >= 0.6 is 0 Å². The first-order valence-corrected chi connectivity index (χ1v) is 4.45. The average molecular weight is 222 g/mol. The van der Waals surface area contributed by atoms with E-state index < -0.39 is 10.9 Å². The van der Waals surface area contributed by atoms with Crippen LogP contribution in [0.3, 0.4) is 0 Å². The molecule has 0 aliphatic carbocycles. The van der Waals surface area contributed by atoms with Crippen molar-refractivity contribution in [2.45, 2.75) is 0 Å². The summed E-state index contributed by atoms with van der Waals surface area (Å²) in [5, 5.41) is 19.6.